The minimum absolute atomic E-state index is 0.259. The molecule has 1 saturated heterocycles. The molecule has 8 atom stereocenters. The number of aliphatic hydroxyl groups is 5. The summed E-state index contributed by atoms with van der Waals surface area (Å²) >= 11 is 0. The van der Waals surface area contributed by atoms with Gasteiger partial charge in [0, 0.05) is 0 Å². The third-order valence-electron chi connectivity index (χ3n) is 7.02. The van der Waals surface area contributed by atoms with Gasteiger partial charge >= 0.3 is 10.4 Å². The van der Waals surface area contributed by atoms with E-state index in [1.807, 2.05) is 6.92 Å². The molecule has 7 N–H and O–H groups in total. The van der Waals surface area contributed by atoms with Crippen LogP contribution in [-0.2, 0) is 28.9 Å². The van der Waals surface area contributed by atoms with Gasteiger partial charge in [0.1, 0.15) is 30.5 Å². The third kappa shape index (κ3) is 14.3. The molecule has 0 radical (unpaired) electrons. The number of hydrogen-bond acceptors (Lipinski definition) is 11. The van der Waals surface area contributed by atoms with E-state index >= 15 is 0 Å². The van der Waals surface area contributed by atoms with Gasteiger partial charge in [0.15, 0.2) is 6.29 Å². The molecule has 0 bridgehead atoms. The van der Waals surface area contributed by atoms with Gasteiger partial charge in [-0.25, -0.2) is 4.18 Å². The van der Waals surface area contributed by atoms with E-state index in [2.05, 4.69) is 16.4 Å². The van der Waals surface area contributed by atoms with E-state index in [1.54, 1.807) is 0 Å². The zero-order chi connectivity index (χ0) is 30.1. The normalized spacial score (nSPS) is 25.9. The minimum Gasteiger partial charge on any atom is -0.394 e. The second kappa shape index (κ2) is 20.1. The summed E-state index contributed by atoms with van der Waals surface area (Å²) in [5, 5.41) is 53.9. The molecule has 1 rings (SSSR count). The summed E-state index contributed by atoms with van der Waals surface area (Å²) in [5.74, 6) is -0.688. The van der Waals surface area contributed by atoms with Crippen LogP contribution in [0.3, 0.4) is 0 Å². The standard InChI is InChI=1S/C26H51NO12S/c1-3-5-7-8-9-10-11-13-15-20(30)25(33)27-18(19(29)14-12-6-4-2)17-37-26-23(32)24(39-40(34,35)36)22(31)21(16-28)38-26/h18-24,26,28-32H,3-17H2,1-2H3,(H,27,33)(H,34,35,36). The molecule has 0 saturated carbocycles. The average molecular weight is 602 g/mol. The minimum atomic E-state index is -5.08. The molecule has 1 aliphatic heterocycles. The highest BCUT2D eigenvalue weighted by atomic mass is 32.3. The number of aliphatic hydroxyl groups excluding tert-OH is 5. The summed E-state index contributed by atoms with van der Waals surface area (Å²) in [4.78, 5) is 12.7. The van der Waals surface area contributed by atoms with Crippen LogP contribution in [0.1, 0.15) is 97.3 Å². The average Bonchev–Trinajstić information content (AvgIpc) is 2.90. The first-order valence-corrected chi connectivity index (χ1v) is 15.9. The van der Waals surface area contributed by atoms with Crippen molar-refractivity contribution < 1.29 is 57.0 Å². The maximum absolute atomic E-state index is 12.7. The third-order valence-corrected chi connectivity index (χ3v) is 7.49. The summed E-state index contributed by atoms with van der Waals surface area (Å²) in [6.45, 7) is 2.95. The van der Waals surface area contributed by atoms with Crippen molar-refractivity contribution >= 4 is 16.3 Å². The van der Waals surface area contributed by atoms with Crippen LogP contribution in [0.2, 0.25) is 0 Å². The van der Waals surface area contributed by atoms with Crippen LogP contribution < -0.4 is 5.32 Å². The van der Waals surface area contributed by atoms with Gasteiger partial charge in [-0.2, -0.15) is 8.42 Å². The van der Waals surface area contributed by atoms with Crippen molar-refractivity contribution in [2.45, 2.75) is 146 Å². The van der Waals surface area contributed by atoms with Gasteiger partial charge < -0.3 is 40.3 Å². The van der Waals surface area contributed by atoms with Crippen molar-refractivity contribution in [2.75, 3.05) is 13.2 Å². The molecule has 1 fully saturated rings. The highest BCUT2D eigenvalue weighted by Gasteiger charge is 2.48. The fraction of sp³-hybridized carbons (Fsp3) is 0.962. The Labute approximate surface area is 238 Å². The van der Waals surface area contributed by atoms with Crippen LogP contribution in [0.4, 0.5) is 0 Å². The van der Waals surface area contributed by atoms with Gasteiger partial charge in [0.25, 0.3) is 0 Å². The Hall–Kier alpha value is -0.940. The van der Waals surface area contributed by atoms with Crippen molar-refractivity contribution in [3.8, 4) is 0 Å². The monoisotopic (exact) mass is 601 g/mol. The van der Waals surface area contributed by atoms with Gasteiger partial charge in [-0.05, 0) is 12.8 Å². The fourth-order valence-electron chi connectivity index (χ4n) is 4.58. The molecule has 1 heterocycles. The van der Waals surface area contributed by atoms with Gasteiger partial charge in [0.2, 0.25) is 5.91 Å². The number of unbranched alkanes of at least 4 members (excludes halogenated alkanes) is 9. The second-order valence-electron chi connectivity index (χ2n) is 10.5. The number of rotatable bonds is 22. The smallest absolute Gasteiger partial charge is 0.394 e. The number of nitrogens with one attached hydrogen (secondary N) is 1. The Kier molecular flexibility index (Phi) is 18.6. The Morgan fingerprint density at radius 2 is 1.45 bits per heavy atom. The lowest BCUT2D eigenvalue weighted by Gasteiger charge is -2.41. The van der Waals surface area contributed by atoms with Gasteiger partial charge in [-0.3, -0.25) is 9.35 Å². The number of amides is 1. The lowest BCUT2D eigenvalue weighted by molar-refractivity contribution is -0.298. The largest absolute Gasteiger partial charge is 0.397 e. The summed E-state index contributed by atoms with van der Waals surface area (Å²) < 4.78 is 46.6. The van der Waals surface area contributed by atoms with E-state index < -0.39 is 78.5 Å². The highest BCUT2D eigenvalue weighted by molar-refractivity contribution is 7.80. The molecule has 0 aromatic heterocycles. The van der Waals surface area contributed by atoms with Crippen molar-refractivity contribution in [1.29, 1.82) is 0 Å². The molecule has 0 aromatic carbocycles. The van der Waals surface area contributed by atoms with Crippen LogP contribution in [0.5, 0.6) is 0 Å². The first kappa shape index (κ1) is 37.1. The van der Waals surface area contributed by atoms with E-state index in [4.69, 9.17) is 14.0 Å². The fourth-order valence-corrected chi connectivity index (χ4v) is 5.09. The quantitative estimate of drug-likeness (QED) is 0.0683. The molecule has 40 heavy (non-hydrogen) atoms. The zero-order valence-electron chi connectivity index (χ0n) is 23.8. The first-order valence-electron chi connectivity index (χ1n) is 14.5. The van der Waals surface area contributed by atoms with Crippen molar-refractivity contribution in [3.63, 3.8) is 0 Å². The maximum atomic E-state index is 12.7. The number of carbonyl (C=O) groups excluding carboxylic acids is 1. The van der Waals surface area contributed by atoms with Crippen LogP contribution in [0, 0.1) is 0 Å². The lowest BCUT2D eigenvalue weighted by atomic mass is 9.99. The molecular formula is C26H51NO12S. The molecule has 0 aromatic rings. The Morgan fingerprint density at radius 1 is 0.900 bits per heavy atom. The first-order chi connectivity index (χ1) is 18.9. The van der Waals surface area contributed by atoms with E-state index in [-0.39, 0.29) is 6.42 Å². The predicted molar refractivity (Wildman–Crippen MR) is 145 cm³/mol. The molecule has 8 unspecified atom stereocenters. The molecule has 1 amide bonds. The van der Waals surface area contributed by atoms with E-state index in [0.717, 1.165) is 32.1 Å². The number of ether oxygens (including phenoxy) is 2. The van der Waals surface area contributed by atoms with Crippen LogP contribution in [0.15, 0.2) is 0 Å². The molecule has 14 heteroatoms. The SMILES string of the molecule is CCCCCCCCCCC(O)C(=O)NC(COC1OC(CO)C(O)C(OS(=O)(=O)O)C1O)C(O)CCCCC. The van der Waals surface area contributed by atoms with Gasteiger partial charge in [0.05, 0.1) is 25.4 Å². The van der Waals surface area contributed by atoms with Crippen molar-refractivity contribution in [2.24, 2.45) is 0 Å². The Balaban J connectivity index is 2.75. The van der Waals surface area contributed by atoms with E-state index in [1.165, 1.54) is 25.7 Å². The van der Waals surface area contributed by atoms with Crippen molar-refractivity contribution in [1.82, 2.24) is 5.32 Å². The number of hydrogen-bond donors (Lipinski definition) is 7. The molecule has 1 aliphatic rings. The molecular weight excluding hydrogens is 550 g/mol. The Bertz CT molecular complexity index is 786. The maximum Gasteiger partial charge on any atom is 0.397 e. The van der Waals surface area contributed by atoms with Gasteiger partial charge in [-0.1, -0.05) is 84.5 Å². The summed E-state index contributed by atoms with van der Waals surface area (Å²) in [7, 11) is -5.08. The van der Waals surface area contributed by atoms with Crippen molar-refractivity contribution in [3.05, 3.63) is 0 Å². The summed E-state index contributed by atoms with van der Waals surface area (Å²) in [6.07, 6.45) is 0.418. The molecule has 0 spiro atoms. The summed E-state index contributed by atoms with van der Waals surface area (Å²) in [5.41, 5.74) is 0. The highest BCUT2D eigenvalue weighted by Crippen LogP contribution is 2.26. The van der Waals surface area contributed by atoms with Crippen LogP contribution >= 0.6 is 0 Å². The second-order valence-corrected chi connectivity index (χ2v) is 11.5. The molecule has 0 aliphatic carbocycles. The van der Waals surface area contributed by atoms with Crippen LogP contribution in [0.25, 0.3) is 0 Å². The lowest BCUT2D eigenvalue weighted by Crippen LogP contribution is -2.61. The topological polar surface area (TPSA) is 212 Å². The van der Waals surface area contributed by atoms with E-state index in [9.17, 15) is 38.7 Å². The molecule has 13 nitrogen and oxygen atoms in total. The van der Waals surface area contributed by atoms with Gasteiger partial charge in [-0.15, -0.1) is 0 Å². The molecule has 238 valence electrons. The summed E-state index contributed by atoms with van der Waals surface area (Å²) in [6, 6.07) is -1.02. The zero-order valence-corrected chi connectivity index (χ0v) is 24.6. The predicted octanol–water partition coefficient (Wildman–Crippen LogP) is 0.948. The van der Waals surface area contributed by atoms with E-state index in [0.29, 0.717) is 19.3 Å². The Morgan fingerprint density at radius 3 is 2.02 bits per heavy atom. The number of carbonyl (C=O) groups is 1. The van der Waals surface area contributed by atoms with Crippen LogP contribution in [-0.4, -0.2) is 107 Å².